The smallest absolute Gasteiger partial charge is 0.308 e. The van der Waals surface area contributed by atoms with E-state index in [9.17, 15) is 18.0 Å². The van der Waals surface area contributed by atoms with Gasteiger partial charge in [-0.25, -0.2) is 13.1 Å². The average Bonchev–Trinajstić information content (AvgIpc) is 2.84. The van der Waals surface area contributed by atoms with Crippen molar-refractivity contribution in [1.82, 2.24) is 4.72 Å². The van der Waals surface area contributed by atoms with Gasteiger partial charge >= 0.3 is 5.97 Å². The zero-order chi connectivity index (χ0) is 25.3. The van der Waals surface area contributed by atoms with Crippen LogP contribution in [0.2, 0.25) is 0 Å². The van der Waals surface area contributed by atoms with Crippen molar-refractivity contribution in [1.29, 1.82) is 0 Å². The van der Waals surface area contributed by atoms with Crippen LogP contribution in [0.5, 0.6) is 5.75 Å². The number of para-hydroxylation sites is 2. The Morgan fingerprint density at radius 2 is 1.57 bits per heavy atom. The molecular formula is C26H28N2O6S. The number of hydrogen-bond acceptors (Lipinski definition) is 6. The van der Waals surface area contributed by atoms with Crippen molar-refractivity contribution in [2.45, 2.75) is 31.3 Å². The van der Waals surface area contributed by atoms with Crippen molar-refractivity contribution in [2.75, 3.05) is 18.5 Å². The summed E-state index contributed by atoms with van der Waals surface area (Å²) in [7, 11) is -3.77. The van der Waals surface area contributed by atoms with Crippen LogP contribution in [0.1, 0.15) is 30.6 Å². The molecule has 0 radical (unpaired) electrons. The van der Waals surface area contributed by atoms with E-state index in [0.717, 1.165) is 5.56 Å². The number of ether oxygens (including phenoxy) is 2. The van der Waals surface area contributed by atoms with Crippen LogP contribution < -0.4 is 14.8 Å². The summed E-state index contributed by atoms with van der Waals surface area (Å²) in [6, 6.07) is 21.9. The van der Waals surface area contributed by atoms with Gasteiger partial charge in [0, 0.05) is 12.1 Å². The van der Waals surface area contributed by atoms with Gasteiger partial charge in [-0.2, -0.15) is 0 Å². The van der Waals surface area contributed by atoms with Gasteiger partial charge in [-0.05, 0) is 38.1 Å². The number of carbonyl (C=O) groups excluding carboxylic acids is 2. The lowest BCUT2D eigenvalue weighted by molar-refractivity contribution is -0.154. The van der Waals surface area contributed by atoms with E-state index in [2.05, 4.69) is 10.0 Å². The second-order valence-electron chi connectivity index (χ2n) is 7.66. The summed E-state index contributed by atoms with van der Waals surface area (Å²) in [4.78, 5) is 25.8. The van der Waals surface area contributed by atoms with E-state index in [1.165, 1.54) is 12.1 Å². The van der Waals surface area contributed by atoms with Crippen LogP contribution in [0.3, 0.4) is 0 Å². The molecule has 1 atom stereocenters. The van der Waals surface area contributed by atoms with Crippen molar-refractivity contribution in [3.05, 3.63) is 90.0 Å². The Labute approximate surface area is 205 Å². The Morgan fingerprint density at radius 1 is 0.914 bits per heavy atom. The number of hydrogen-bond donors (Lipinski definition) is 2. The highest BCUT2D eigenvalue weighted by Crippen LogP contribution is 2.27. The van der Waals surface area contributed by atoms with Gasteiger partial charge < -0.3 is 14.8 Å². The van der Waals surface area contributed by atoms with Gasteiger partial charge in [0.15, 0.2) is 0 Å². The minimum atomic E-state index is -3.77. The van der Waals surface area contributed by atoms with Crippen molar-refractivity contribution >= 4 is 27.6 Å². The molecule has 0 spiro atoms. The Morgan fingerprint density at radius 3 is 2.26 bits per heavy atom. The van der Waals surface area contributed by atoms with Crippen LogP contribution in [0, 0.1) is 6.92 Å². The first-order chi connectivity index (χ1) is 16.8. The summed E-state index contributed by atoms with van der Waals surface area (Å²) in [6.07, 6.45) is -1.48. The average molecular weight is 497 g/mol. The number of carbonyl (C=O) groups is 2. The lowest BCUT2D eigenvalue weighted by Crippen LogP contribution is -2.29. The highest BCUT2D eigenvalue weighted by Gasteiger charge is 2.26. The predicted octanol–water partition coefficient (Wildman–Crippen LogP) is 3.99. The van der Waals surface area contributed by atoms with Crippen LogP contribution in [-0.2, 0) is 24.3 Å². The van der Waals surface area contributed by atoms with Crippen molar-refractivity contribution < 1.29 is 27.5 Å². The van der Waals surface area contributed by atoms with Gasteiger partial charge in [0.25, 0.3) is 5.91 Å². The van der Waals surface area contributed by atoms with Crippen LogP contribution in [0.4, 0.5) is 5.69 Å². The molecule has 8 nitrogen and oxygen atoms in total. The summed E-state index contributed by atoms with van der Waals surface area (Å²) < 4.78 is 38.3. The quantitative estimate of drug-likeness (QED) is 0.389. The molecule has 1 amide bonds. The number of benzene rings is 3. The summed E-state index contributed by atoms with van der Waals surface area (Å²) in [5.41, 5.74) is 1.86. The van der Waals surface area contributed by atoms with Gasteiger partial charge in [-0.1, -0.05) is 60.2 Å². The van der Waals surface area contributed by atoms with Gasteiger partial charge in [0.2, 0.25) is 16.1 Å². The maximum atomic E-state index is 13.1. The van der Waals surface area contributed by atoms with Gasteiger partial charge in [0.1, 0.15) is 5.75 Å². The first-order valence-corrected chi connectivity index (χ1v) is 12.6. The van der Waals surface area contributed by atoms with Crippen LogP contribution in [-0.4, -0.2) is 33.4 Å². The SMILES string of the molecule is CCOc1ccccc1NC(=O)C(OC(=O)CCNS(=O)(=O)c1ccc(C)cc1)c1ccccc1. The number of aryl methyl sites for hydroxylation is 1. The minimum absolute atomic E-state index is 0.103. The predicted molar refractivity (Wildman–Crippen MR) is 133 cm³/mol. The highest BCUT2D eigenvalue weighted by atomic mass is 32.2. The molecule has 2 N–H and O–H groups in total. The molecule has 0 aromatic heterocycles. The minimum Gasteiger partial charge on any atom is -0.492 e. The van der Waals surface area contributed by atoms with E-state index >= 15 is 0 Å². The number of sulfonamides is 1. The first kappa shape index (κ1) is 25.9. The van der Waals surface area contributed by atoms with Gasteiger partial charge in [-0.15, -0.1) is 0 Å². The van der Waals surface area contributed by atoms with E-state index in [0.29, 0.717) is 23.6 Å². The van der Waals surface area contributed by atoms with Crippen LogP contribution in [0.25, 0.3) is 0 Å². The fourth-order valence-electron chi connectivity index (χ4n) is 3.23. The normalized spacial score (nSPS) is 11.9. The molecule has 1 unspecified atom stereocenters. The van der Waals surface area contributed by atoms with Crippen molar-refractivity contribution in [3.8, 4) is 5.75 Å². The molecule has 3 rings (SSSR count). The topological polar surface area (TPSA) is 111 Å². The first-order valence-electron chi connectivity index (χ1n) is 11.1. The third-order valence-corrected chi connectivity index (χ3v) is 6.46. The van der Waals surface area contributed by atoms with E-state index in [1.807, 2.05) is 13.8 Å². The molecule has 0 aliphatic rings. The third kappa shape index (κ3) is 7.40. The molecule has 35 heavy (non-hydrogen) atoms. The fraction of sp³-hybridized carbons (Fsp3) is 0.231. The number of anilines is 1. The molecule has 0 aliphatic heterocycles. The summed E-state index contributed by atoms with van der Waals surface area (Å²) in [5.74, 6) is -0.789. The molecule has 0 saturated carbocycles. The summed E-state index contributed by atoms with van der Waals surface area (Å²) in [6.45, 7) is 3.93. The Balaban J connectivity index is 1.66. The molecule has 0 aliphatic carbocycles. The van der Waals surface area contributed by atoms with Gasteiger partial charge in [-0.3, -0.25) is 9.59 Å². The lowest BCUT2D eigenvalue weighted by Gasteiger charge is -2.19. The molecule has 0 heterocycles. The highest BCUT2D eigenvalue weighted by molar-refractivity contribution is 7.89. The summed E-state index contributed by atoms with van der Waals surface area (Å²) in [5, 5.41) is 2.75. The number of amides is 1. The third-order valence-electron chi connectivity index (χ3n) is 4.99. The molecule has 0 fully saturated rings. The van der Waals surface area contributed by atoms with Crippen molar-refractivity contribution in [2.24, 2.45) is 0 Å². The molecule has 184 valence electrons. The van der Waals surface area contributed by atoms with Crippen LogP contribution in [0.15, 0.2) is 83.8 Å². The zero-order valence-corrected chi connectivity index (χ0v) is 20.4. The largest absolute Gasteiger partial charge is 0.492 e. The fourth-order valence-corrected chi connectivity index (χ4v) is 4.26. The molecular weight excluding hydrogens is 468 g/mol. The second kappa shape index (κ2) is 12.1. The van der Waals surface area contributed by atoms with E-state index in [-0.39, 0.29) is 17.9 Å². The van der Waals surface area contributed by atoms with Gasteiger partial charge in [0.05, 0.1) is 23.6 Å². The Hall–Kier alpha value is -3.69. The monoisotopic (exact) mass is 496 g/mol. The number of esters is 1. The maximum absolute atomic E-state index is 13.1. The lowest BCUT2D eigenvalue weighted by atomic mass is 10.1. The van der Waals surface area contributed by atoms with E-state index in [1.54, 1.807) is 66.7 Å². The standard InChI is InChI=1S/C26H28N2O6S/c1-3-33-23-12-8-7-11-22(23)28-26(30)25(20-9-5-4-6-10-20)34-24(29)17-18-27-35(31,32)21-15-13-19(2)14-16-21/h4-16,25,27H,3,17-18H2,1-2H3,(H,28,30). The molecule has 3 aromatic carbocycles. The zero-order valence-electron chi connectivity index (χ0n) is 19.6. The maximum Gasteiger partial charge on any atom is 0.308 e. The summed E-state index contributed by atoms with van der Waals surface area (Å²) >= 11 is 0. The Bertz CT molecular complexity index is 1240. The second-order valence-corrected chi connectivity index (χ2v) is 9.43. The molecule has 3 aromatic rings. The van der Waals surface area contributed by atoms with Crippen molar-refractivity contribution in [3.63, 3.8) is 0 Å². The number of rotatable bonds is 11. The Kier molecular flexibility index (Phi) is 8.99. The van der Waals surface area contributed by atoms with E-state index in [4.69, 9.17) is 9.47 Å². The number of nitrogens with one attached hydrogen (secondary N) is 2. The van der Waals surface area contributed by atoms with Crippen LogP contribution >= 0.6 is 0 Å². The van der Waals surface area contributed by atoms with E-state index < -0.39 is 28.0 Å². The molecule has 0 bridgehead atoms. The molecule has 0 saturated heterocycles. The molecule has 9 heteroatoms.